The molecule has 1 atom stereocenters. The van der Waals surface area contributed by atoms with Gasteiger partial charge in [0.25, 0.3) is 0 Å². The summed E-state index contributed by atoms with van der Waals surface area (Å²) in [5.74, 6) is -0.828. The summed E-state index contributed by atoms with van der Waals surface area (Å²) in [6.07, 6.45) is -2.38. The molecule has 0 aromatic carbocycles. The molecule has 1 N–H and O–H groups in total. The Kier molecular flexibility index (Phi) is 6.24. The molecule has 0 spiro atoms. The van der Waals surface area contributed by atoms with Crippen molar-refractivity contribution in [2.75, 3.05) is 19.6 Å². The van der Waals surface area contributed by atoms with Crippen LogP contribution in [0.1, 0.15) is 25.0 Å². The maximum atomic E-state index is 12.1. The molecule has 128 valence electrons. The van der Waals surface area contributed by atoms with Crippen LogP contribution in [0.15, 0.2) is 18.3 Å². The van der Waals surface area contributed by atoms with Crippen molar-refractivity contribution in [1.29, 1.82) is 0 Å². The topological polar surface area (TPSA) is 45.2 Å². The maximum Gasteiger partial charge on any atom is 0.397 e. The van der Waals surface area contributed by atoms with Gasteiger partial charge in [0, 0.05) is 25.8 Å². The number of nitrogens with one attached hydrogen (secondary N) is 1. The summed E-state index contributed by atoms with van der Waals surface area (Å²) >= 11 is 6.09. The number of amides is 1. The summed E-state index contributed by atoms with van der Waals surface area (Å²) in [6, 6.07) is 3.55. The van der Waals surface area contributed by atoms with Crippen LogP contribution in [0.4, 0.5) is 13.2 Å². The predicted molar refractivity (Wildman–Crippen MR) is 80.9 cm³/mol. The average molecular weight is 350 g/mol. The van der Waals surface area contributed by atoms with Crippen molar-refractivity contribution < 1.29 is 18.0 Å². The monoisotopic (exact) mass is 349 g/mol. The lowest BCUT2D eigenvalue weighted by Gasteiger charge is -2.32. The van der Waals surface area contributed by atoms with Crippen molar-refractivity contribution >= 4 is 17.5 Å². The molecule has 0 bridgehead atoms. The Morgan fingerprint density at radius 1 is 1.48 bits per heavy atom. The number of hydrogen-bond donors (Lipinski definition) is 1. The molecule has 8 heteroatoms. The van der Waals surface area contributed by atoms with Crippen LogP contribution >= 0.6 is 11.6 Å². The molecular formula is C15H19ClF3N3O. The molecule has 1 unspecified atom stereocenters. The van der Waals surface area contributed by atoms with Gasteiger partial charge in [-0.2, -0.15) is 13.2 Å². The number of carbonyl (C=O) groups excluding carboxylic acids is 1. The van der Waals surface area contributed by atoms with Crippen LogP contribution in [0.5, 0.6) is 0 Å². The lowest BCUT2D eigenvalue weighted by molar-refractivity contribution is -0.153. The van der Waals surface area contributed by atoms with E-state index in [-0.39, 0.29) is 12.5 Å². The molecule has 23 heavy (non-hydrogen) atoms. The van der Waals surface area contributed by atoms with Crippen LogP contribution in [0.3, 0.4) is 0 Å². The first-order chi connectivity index (χ1) is 10.8. The Morgan fingerprint density at radius 2 is 2.26 bits per heavy atom. The lowest BCUT2D eigenvalue weighted by Crippen LogP contribution is -2.41. The lowest BCUT2D eigenvalue weighted by atomic mass is 9.97. The second-order valence-electron chi connectivity index (χ2n) is 5.77. The van der Waals surface area contributed by atoms with Crippen LogP contribution in [0, 0.1) is 5.92 Å². The number of rotatable bonds is 5. The van der Waals surface area contributed by atoms with Crippen molar-refractivity contribution in [1.82, 2.24) is 15.2 Å². The molecule has 2 heterocycles. The van der Waals surface area contributed by atoms with E-state index in [1.54, 1.807) is 18.3 Å². The normalized spacial score (nSPS) is 19.6. The second kappa shape index (κ2) is 7.97. The number of halogens is 4. The highest BCUT2D eigenvalue weighted by Gasteiger charge is 2.31. The van der Waals surface area contributed by atoms with E-state index >= 15 is 0 Å². The van der Waals surface area contributed by atoms with Gasteiger partial charge < -0.3 is 5.32 Å². The van der Waals surface area contributed by atoms with Gasteiger partial charge in [0.15, 0.2) is 0 Å². The molecule has 1 fully saturated rings. The van der Waals surface area contributed by atoms with Gasteiger partial charge in [-0.25, -0.2) is 0 Å². The van der Waals surface area contributed by atoms with Crippen molar-refractivity contribution in [3.05, 3.63) is 29.0 Å². The van der Waals surface area contributed by atoms with Crippen molar-refractivity contribution in [3.8, 4) is 0 Å². The predicted octanol–water partition coefficient (Wildman–Crippen LogP) is 3.02. The first-order valence-corrected chi connectivity index (χ1v) is 7.86. The van der Waals surface area contributed by atoms with Crippen LogP contribution < -0.4 is 5.32 Å². The minimum absolute atomic E-state index is 0.142. The standard InChI is InChI=1S/C15H19ClF3N3O/c16-12-4-1-5-20-13(12)10-22-6-2-3-11(9-22)8-21-14(23)7-15(17,18)19/h1,4-5,11H,2-3,6-10H2,(H,21,23). The molecule has 0 aliphatic carbocycles. The highest BCUT2D eigenvalue weighted by Crippen LogP contribution is 2.21. The van der Waals surface area contributed by atoms with Gasteiger partial charge >= 0.3 is 6.18 Å². The first kappa shape index (κ1) is 18.0. The van der Waals surface area contributed by atoms with Gasteiger partial charge in [-0.3, -0.25) is 14.7 Å². The van der Waals surface area contributed by atoms with E-state index in [0.29, 0.717) is 18.1 Å². The van der Waals surface area contributed by atoms with E-state index in [0.717, 1.165) is 25.1 Å². The van der Waals surface area contributed by atoms with E-state index in [1.165, 1.54) is 0 Å². The van der Waals surface area contributed by atoms with E-state index in [9.17, 15) is 18.0 Å². The van der Waals surface area contributed by atoms with Crippen LogP contribution in [0.2, 0.25) is 5.02 Å². The Labute approximate surface area is 138 Å². The molecule has 1 aliphatic rings. The summed E-state index contributed by atoms with van der Waals surface area (Å²) in [5, 5.41) is 2.98. The quantitative estimate of drug-likeness (QED) is 0.888. The maximum absolute atomic E-state index is 12.1. The Bertz CT molecular complexity index is 539. The summed E-state index contributed by atoms with van der Waals surface area (Å²) in [7, 11) is 0. The minimum atomic E-state index is -4.46. The summed E-state index contributed by atoms with van der Waals surface area (Å²) in [4.78, 5) is 17.7. The average Bonchev–Trinajstić information content (AvgIpc) is 2.46. The molecule has 1 aliphatic heterocycles. The zero-order valence-electron chi connectivity index (χ0n) is 12.6. The minimum Gasteiger partial charge on any atom is -0.355 e. The van der Waals surface area contributed by atoms with E-state index in [1.807, 2.05) is 0 Å². The number of nitrogens with zero attached hydrogens (tertiary/aromatic N) is 2. The molecule has 1 amide bonds. The van der Waals surface area contributed by atoms with E-state index in [4.69, 9.17) is 11.6 Å². The fourth-order valence-corrected chi connectivity index (χ4v) is 2.89. The van der Waals surface area contributed by atoms with Gasteiger partial charge in [-0.15, -0.1) is 0 Å². The SMILES string of the molecule is O=C(CC(F)(F)F)NCC1CCCN(Cc2ncccc2Cl)C1. The van der Waals surface area contributed by atoms with Crippen LogP contribution in [0.25, 0.3) is 0 Å². The largest absolute Gasteiger partial charge is 0.397 e. The third kappa shape index (κ3) is 6.35. The van der Waals surface area contributed by atoms with Gasteiger partial charge in [0.05, 0.1) is 10.7 Å². The third-order valence-electron chi connectivity index (χ3n) is 3.76. The number of piperidine rings is 1. The third-order valence-corrected chi connectivity index (χ3v) is 4.10. The summed E-state index contributed by atoms with van der Waals surface area (Å²) in [6.45, 7) is 2.47. The van der Waals surface area contributed by atoms with Crippen molar-refractivity contribution in [2.45, 2.75) is 32.0 Å². The molecule has 1 aromatic heterocycles. The number of hydrogen-bond acceptors (Lipinski definition) is 3. The van der Waals surface area contributed by atoms with Gasteiger partial charge in [0.2, 0.25) is 5.91 Å². The van der Waals surface area contributed by atoms with E-state index in [2.05, 4.69) is 15.2 Å². The van der Waals surface area contributed by atoms with Crippen molar-refractivity contribution in [2.24, 2.45) is 5.92 Å². The number of aromatic nitrogens is 1. The Balaban J connectivity index is 1.79. The molecule has 4 nitrogen and oxygen atoms in total. The van der Waals surface area contributed by atoms with Gasteiger partial charge in [-0.1, -0.05) is 11.6 Å². The van der Waals surface area contributed by atoms with Crippen molar-refractivity contribution in [3.63, 3.8) is 0 Å². The molecule has 1 saturated heterocycles. The fourth-order valence-electron chi connectivity index (χ4n) is 2.71. The fraction of sp³-hybridized carbons (Fsp3) is 0.600. The molecule has 2 rings (SSSR count). The first-order valence-electron chi connectivity index (χ1n) is 7.48. The summed E-state index contributed by atoms with van der Waals surface area (Å²) < 4.78 is 36.4. The highest BCUT2D eigenvalue weighted by atomic mass is 35.5. The van der Waals surface area contributed by atoms with Crippen LogP contribution in [-0.2, 0) is 11.3 Å². The zero-order chi connectivity index (χ0) is 16.9. The zero-order valence-corrected chi connectivity index (χ0v) is 13.3. The summed E-state index contributed by atoms with van der Waals surface area (Å²) in [5.41, 5.74) is 0.788. The van der Waals surface area contributed by atoms with Crippen LogP contribution in [-0.4, -0.2) is 41.6 Å². The molecular weight excluding hydrogens is 331 g/mol. The second-order valence-corrected chi connectivity index (χ2v) is 6.18. The van der Waals surface area contributed by atoms with E-state index < -0.39 is 18.5 Å². The highest BCUT2D eigenvalue weighted by molar-refractivity contribution is 6.31. The smallest absolute Gasteiger partial charge is 0.355 e. The molecule has 0 saturated carbocycles. The number of pyridine rings is 1. The van der Waals surface area contributed by atoms with Gasteiger partial charge in [-0.05, 0) is 37.4 Å². The number of likely N-dealkylation sites (tertiary alicyclic amines) is 1. The van der Waals surface area contributed by atoms with Gasteiger partial charge in [0.1, 0.15) is 6.42 Å². The Hall–Kier alpha value is -1.34. The number of alkyl halides is 3. The number of carbonyl (C=O) groups is 1. The molecule has 0 radical (unpaired) electrons. The Morgan fingerprint density at radius 3 is 2.96 bits per heavy atom. The molecule has 1 aromatic rings.